The van der Waals surface area contributed by atoms with Crippen LogP contribution in [-0.2, 0) is 10.2 Å². The molecule has 172 valence electrons. The number of ether oxygens (including phenoxy) is 1. The molecule has 0 aliphatic heterocycles. The van der Waals surface area contributed by atoms with Gasteiger partial charge in [-0.25, -0.2) is 0 Å². The molecule has 1 N–H and O–H groups in total. The Labute approximate surface area is 197 Å². The highest BCUT2D eigenvalue weighted by Crippen LogP contribution is 2.24. The summed E-state index contributed by atoms with van der Waals surface area (Å²) < 4.78 is 6.02. The van der Waals surface area contributed by atoms with Gasteiger partial charge in [0.2, 0.25) is 0 Å². The molecule has 3 aromatic carbocycles. The Balaban J connectivity index is 1.74. The van der Waals surface area contributed by atoms with E-state index in [1.165, 1.54) is 5.56 Å². The Morgan fingerprint density at radius 1 is 0.909 bits per heavy atom. The van der Waals surface area contributed by atoms with Gasteiger partial charge in [0.25, 0.3) is 5.91 Å². The van der Waals surface area contributed by atoms with Gasteiger partial charge in [0, 0.05) is 16.8 Å². The number of amides is 1. The average molecular weight is 444 g/mol. The van der Waals surface area contributed by atoms with E-state index in [0.29, 0.717) is 29.0 Å². The van der Waals surface area contributed by atoms with Crippen molar-refractivity contribution in [2.45, 2.75) is 59.5 Å². The maximum absolute atomic E-state index is 13.0. The lowest BCUT2D eigenvalue weighted by molar-refractivity contribution is -0.122. The Morgan fingerprint density at radius 2 is 1.61 bits per heavy atom. The van der Waals surface area contributed by atoms with E-state index in [4.69, 9.17) is 4.74 Å². The number of benzene rings is 3. The smallest absolute Gasteiger partial charge is 0.265 e. The van der Waals surface area contributed by atoms with Crippen LogP contribution < -0.4 is 10.1 Å². The normalized spacial score (nSPS) is 12.2. The summed E-state index contributed by atoms with van der Waals surface area (Å²) in [6, 6.07) is 20.7. The number of hydrogen-bond donors (Lipinski definition) is 1. The largest absolute Gasteiger partial charge is 0.480 e. The monoisotopic (exact) mass is 443 g/mol. The van der Waals surface area contributed by atoms with E-state index in [1.807, 2.05) is 63.2 Å². The molecule has 4 heteroatoms. The predicted octanol–water partition coefficient (Wildman–Crippen LogP) is 6.63. The molecule has 0 saturated carbocycles. The molecule has 0 aromatic heterocycles. The maximum atomic E-state index is 13.0. The quantitative estimate of drug-likeness (QED) is 0.417. The minimum Gasteiger partial charge on any atom is -0.480 e. The van der Waals surface area contributed by atoms with Gasteiger partial charge in [-0.3, -0.25) is 9.59 Å². The molecule has 33 heavy (non-hydrogen) atoms. The molecule has 0 bridgehead atoms. The van der Waals surface area contributed by atoms with Gasteiger partial charge in [-0.15, -0.1) is 0 Å². The van der Waals surface area contributed by atoms with E-state index in [1.54, 1.807) is 24.3 Å². The standard InChI is InChI=1S/C29H33NO3/c1-7-25(33-26-17-19(2)11-12-20(26)3)28(32)30-24-10-8-9-22(18-24)27(31)21-13-15-23(16-14-21)29(4,5)6/h8-18,25H,7H2,1-6H3,(H,30,32). The number of nitrogens with one attached hydrogen (secondary N) is 1. The fourth-order valence-corrected chi connectivity index (χ4v) is 3.56. The molecule has 3 aromatic rings. The number of rotatable bonds is 7. The van der Waals surface area contributed by atoms with Crippen molar-refractivity contribution in [3.05, 3.63) is 94.5 Å². The molecule has 0 aliphatic carbocycles. The van der Waals surface area contributed by atoms with Crippen LogP contribution in [0.15, 0.2) is 66.7 Å². The minimum atomic E-state index is -0.630. The molecular weight excluding hydrogens is 410 g/mol. The maximum Gasteiger partial charge on any atom is 0.265 e. The highest BCUT2D eigenvalue weighted by atomic mass is 16.5. The average Bonchev–Trinajstić information content (AvgIpc) is 2.78. The fraction of sp³-hybridized carbons (Fsp3) is 0.310. The second-order valence-electron chi connectivity index (χ2n) is 9.51. The number of aryl methyl sites for hydroxylation is 2. The van der Waals surface area contributed by atoms with Crippen LogP contribution in [-0.4, -0.2) is 17.8 Å². The first-order valence-electron chi connectivity index (χ1n) is 11.4. The summed E-state index contributed by atoms with van der Waals surface area (Å²) in [7, 11) is 0. The SMILES string of the molecule is CCC(Oc1cc(C)ccc1C)C(=O)Nc1cccc(C(=O)c2ccc(C(C)(C)C)cc2)c1. The van der Waals surface area contributed by atoms with Crippen LogP contribution in [0.3, 0.4) is 0 Å². The molecule has 0 spiro atoms. The lowest BCUT2D eigenvalue weighted by Crippen LogP contribution is -2.32. The van der Waals surface area contributed by atoms with Crippen molar-refractivity contribution < 1.29 is 14.3 Å². The van der Waals surface area contributed by atoms with Crippen LogP contribution >= 0.6 is 0 Å². The summed E-state index contributed by atoms with van der Waals surface area (Å²) in [6.45, 7) is 12.3. The molecule has 4 nitrogen and oxygen atoms in total. The number of ketones is 1. The molecular formula is C29H33NO3. The van der Waals surface area contributed by atoms with E-state index in [2.05, 4.69) is 26.1 Å². The third-order valence-corrected chi connectivity index (χ3v) is 5.68. The summed E-state index contributed by atoms with van der Waals surface area (Å²) in [5.41, 5.74) is 4.98. The first-order valence-corrected chi connectivity index (χ1v) is 11.4. The van der Waals surface area contributed by atoms with Crippen molar-refractivity contribution >= 4 is 17.4 Å². The van der Waals surface area contributed by atoms with Crippen LogP contribution in [0.25, 0.3) is 0 Å². The van der Waals surface area contributed by atoms with E-state index >= 15 is 0 Å². The van der Waals surface area contributed by atoms with Crippen molar-refractivity contribution in [3.8, 4) is 5.75 Å². The summed E-state index contributed by atoms with van der Waals surface area (Å²) in [5.74, 6) is 0.391. The molecule has 0 saturated heterocycles. The van der Waals surface area contributed by atoms with Crippen LogP contribution in [0.4, 0.5) is 5.69 Å². The van der Waals surface area contributed by atoms with E-state index in [9.17, 15) is 9.59 Å². The zero-order valence-electron chi connectivity index (χ0n) is 20.4. The minimum absolute atomic E-state index is 0.0284. The molecule has 1 amide bonds. The van der Waals surface area contributed by atoms with Crippen LogP contribution in [0.5, 0.6) is 5.75 Å². The van der Waals surface area contributed by atoms with Gasteiger partial charge < -0.3 is 10.1 Å². The molecule has 3 rings (SSSR count). The van der Waals surface area contributed by atoms with Crippen molar-refractivity contribution in [2.24, 2.45) is 0 Å². The lowest BCUT2D eigenvalue weighted by Gasteiger charge is -2.19. The number of hydrogen-bond acceptors (Lipinski definition) is 3. The third-order valence-electron chi connectivity index (χ3n) is 5.68. The summed E-state index contributed by atoms with van der Waals surface area (Å²) in [5, 5.41) is 2.91. The number of carbonyl (C=O) groups excluding carboxylic acids is 2. The fourth-order valence-electron chi connectivity index (χ4n) is 3.56. The number of anilines is 1. The molecule has 0 heterocycles. The van der Waals surface area contributed by atoms with Gasteiger partial charge in [-0.2, -0.15) is 0 Å². The molecule has 0 radical (unpaired) electrons. The van der Waals surface area contributed by atoms with E-state index < -0.39 is 6.10 Å². The van der Waals surface area contributed by atoms with Crippen LogP contribution in [0, 0.1) is 13.8 Å². The predicted molar refractivity (Wildman–Crippen MR) is 134 cm³/mol. The summed E-state index contributed by atoms with van der Waals surface area (Å²) in [4.78, 5) is 25.9. The van der Waals surface area contributed by atoms with Crippen LogP contribution in [0.2, 0.25) is 0 Å². The van der Waals surface area contributed by atoms with Gasteiger partial charge in [0.05, 0.1) is 0 Å². The highest BCUT2D eigenvalue weighted by Gasteiger charge is 2.20. The number of carbonyl (C=O) groups is 2. The molecule has 0 fully saturated rings. The first kappa shape index (κ1) is 24.2. The molecule has 0 aliphatic rings. The Kier molecular flexibility index (Phi) is 7.37. The highest BCUT2D eigenvalue weighted by molar-refractivity contribution is 6.09. The van der Waals surface area contributed by atoms with Crippen molar-refractivity contribution in [1.29, 1.82) is 0 Å². The van der Waals surface area contributed by atoms with E-state index in [-0.39, 0.29) is 17.1 Å². The Morgan fingerprint density at radius 3 is 2.24 bits per heavy atom. The topological polar surface area (TPSA) is 55.4 Å². The second-order valence-corrected chi connectivity index (χ2v) is 9.51. The van der Waals surface area contributed by atoms with E-state index in [0.717, 1.165) is 11.1 Å². The van der Waals surface area contributed by atoms with Crippen molar-refractivity contribution in [3.63, 3.8) is 0 Å². The van der Waals surface area contributed by atoms with Gasteiger partial charge >= 0.3 is 0 Å². The summed E-state index contributed by atoms with van der Waals surface area (Å²) >= 11 is 0. The van der Waals surface area contributed by atoms with Gasteiger partial charge in [0.1, 0.15) is 5.75 Å². The van der Waals surface area contributed by atoms with Gasteiger partial charge in [-0.05, 0) is 60.6 Å². The second kappa shape index (κ2) is 10.0. The van der Waals surface area contributed by atoms with Crippen LogP contribution in [0.1, 0.15) is 66.7 Å². The Bertz CT molecular complexity index is 1140. The zero-order valence-corrected chi connectivity index (χ0v) is 20.4. The zero-order chi connectivity index (χ0) is 24.2. The van der Waals surface area contributed by atoms with Gasteiger partial charge in [-0.1, -0.05) is 76.2 Å². The molecule has 1 unspecified atom stereocenters. The van der Waals surface area contributed by atoms with Gasteiger partial charge in [0.15, 0.2) is 11.9 Å². The van der Waals surface area contributed by atoms with Crippen molar-refractivity contribution in [2.75, 3.05) is 5.32 Å². The third kappa shape index (κ3) is 6.10. The lowest BCUT2D eigenvalue weighted by atomic mass is 9.86. The first-order chi connectivity index (χ1) is 15.6. The summed E-state index contributed by atoms with van der Waals surface area (Å²) in [6.07, 6.45) is -0.104. The Hall–Kier alpha value is -3.40. The molecule has 1 atom stereocenters. The van der Waals surface area contributed by atoms with Crippen molar-refractivity contribution in [1.82, 2.24) is 0 Å².